The molecule has 1 unspecified atom stereocenters. The lowest BCUT2D eigenvalue weighted by molar-refractivity contribution is 0.144. The van der Waals surface area contributed by atoms with Gasteiger partial charge in [0.15, 0.2) is 0 Å². The molecule has 4 nitrogen and oxygen atoms in total. The van der Waals surface area contributed by atoms with E-state index in [0.29, 0.717) is 11.3 Å². The number of aromatic nitrogens is 2. The summed E-state index contributed by atoms with van der Waals surface area (Å²) in [4.78, 5) is 4.35. The summed E-state index contributed by atoms with van der Waals surface area (Å²) in [6.07, 6.45) is -2.69. The zero-order chi connectivity index (χ0) is 16.1. The van der Waals surface area contributed by atoms with E-state index in [2.05, 4.69) is 10.1 Å². The normalized spacial score (nSPS) is 20.9. The lowest BCUT2D eigenvalue weighted by Crippen LogP contribution is -2.37. The van der Waals surface area contributed by atoms with Crippen molar-refractivity contribution in [3.05, 3.63) is 52.6 Å². The van der Waals surface area contributed by atoms with Crippen LogP contribution in [0.5, 0.6) is 0 Å². The molecule has 1 aliphatic heterocycles. The van der Waals surface area contributed by atoms with Crippen molar-refractivity contribution in [2.75, 3.05) is 0 Å². The third-order valence-electron chi connectivity index (χ3n) is 3.81. The lowest BCUT2D eigenvalue weighted by Gasteiger charge is -2.31. The fourth-order valence-corrected chi connectivity index (χ4v) is 2.72. The highest BCUT2D eigenvalue weighted by molar-refractivity contribution is 5.97. The van der Waals surface area contributed by atoms with Crippen LogP contribution < -0.4 is 5.73 Å². The average Bonchev–Trinajstić information content (AvgIpc) is 2.85. The van der Waals surface area contributed by atoms with E-state index in [9.17, 15) is 13.2 Å². The SMILES string of the molecule is Cc1ccc(F)c(C2(C)Cn3nc(C(F)F)cc3C(N)=N2)c1. The molecule has 22 heavy (non-hydrogen) atoms. The molecule has 1 aromatic carbocycles. The van der Waals surface area contributed by atoms with E-state index in [4.69, 9.17) is 5.73 Å². The summed E-state index contributed by atoms with van der Waals surface area (Å²) < 4.78 is 41.1. The van der Waals surface area contributed by atoms with E-state index in [0.717, 1.165) is 5.56 Å². The van der Waals surface area contributed by atoms with Crippen molar-refractivity contribution in [2.24, 2.45) is 10.7 Å². The molecule has 2 heterocycles. The smallest absolute Gasteiger partial charge is 0.282 e. The summed E-state index contributed by atoms with van der Waals surface area (Å²) in [5.41, 5.74) is 6.12. The van der Waals surface area contributed by atoms with Crippen LogP contribution >= 0.6 is 0 Å². The third-order valence-corrected chi connectivity index (χ3v) is 3.81. The average molecular weight is 308 g/mol. The largest absolute Gasteiger partial charge is 0.382 e. The molecule has 0 aliphatic carbocycles. The van der Waals surface area contributed by atoms with Crippen LogP contribution in [0.1, 0.15) is 35.9 Å². The van der Waals surface area contributed by atoms with Crippen molar-refractivity contribution < 1.29 is 13.2 Å². The Balaban J connectivity index is 2.10. The quantitative estimate of drug-likeness (QED) is 0.927. The number of rotatable bonds is 2. The summed E-state index contributed by atoms with van der Waals surface area (Å²) in [5, 5.41) is 3.86. The van der Waals surface area contributed by atoms with Gasteiger partial charge < -0.3 is 5.73 Å². The van der Waals surface area contributed by atoms with E-state index < -0.39 is 17.8 Å². The van der Waals surface area contributed by atoms with E-state index in [1.54, 1.807) is 19.1 Å². The second kappa shape index (κ2) is 4.86. The molecule has 2 N–H and O–H groups in total. The molecular weight excluding hydrogens is 293 g/mol. The van der Waals surface area contributed by atoms with E-state index in [1.165, 1.54) is 16.8 Å². The number of nitrogens with zero attached hydrogens (tertiary/aromatic N) is 3. The zero-order valence-electron chi connectivity index (χ0n) is 12.1. The Hall–Kier alpha value is -2.31. The number of aryl methyl sites for hydroxylation is 1. The molecule has 116 valence electrons. The Morgan fingerprint density at radius 2 is 2.05 bits per heavy atom. The molecule has 7 heteroatoms. The topological polar surface area (TPSA) is 56.2 Å². The van der Waals surface area contributed by atoms with Crippen LogP contribution in [0.4, 0.5) is 13.2 Å². The predicted octanol–water partition coefficient (Wildman–Crippen LogP) is 2.90. The number of alkyl halides is 2. The molecule has 3 rings (SSSR count). The van der Waals surface area contributed by atoms with Gasteiger partial charge in [-0.15, -0.1) is 0 Å². The van der Waals surface area contributed by atoms with Gasteiger partial charge in [-0.25, -0.2) is 13.2 Å². The highest BCUT2D eigenvalue weighted by Crippen LogP contribution is 2.34. The fraction of sp³-hybridized carbons (Fsp3) is 0.333. The molecule has 0 saturated heterocycles. The number of amidine groups is 1. The van der Waals surface area contributed by atoms with Crippen molar-refractivity contribution in [1.82, 2.24) is 9.78 Å². The van der Waals surface area contributed by atoms with Gasteiger partial charge in [0.1, 0.15) is 28.6 Å². The van der Waals surface area contributed by atoms with Crippen molar-refractivity contribution in [3.63, 3.8) is 0 Å². The maximum Gasteiger partial charge on any atom is 0.282 e. The van der Waals surface area contributed by atoms with Gasteiger partial charge in [-0.3, -0.25) is 9.67 Å². The summed E-state index contributed by atoms with van der Waals surface area (Å²) in [5.74, 6) is -0.330. The number of hydrogen-bond acceptors (Lipinski definition) is 3. The van der Waals surface area contributed by atoms with E-state index >= 15 is 0 Å². The van der Waals surface area contributed by atoms with E-state index in [1.807, 2.05) is 6.92 Å². The van der Waals surface area contributed by atoms with Gasteiger partial charge in [0.05, 0.1) is 6.54 Å². The highest BCUT2D eigenvalue weighted by Gasteiger charge is 2.36. The number of aliphatic imine (C=N–C) groups is 1. The van der Waals surface area contributed by atoms with Crippen molar-refractivity contribution in [3.8, 4) is 0 Å². The minimum Gasteiger partial charge on any atom is -0.382 e. The summed E-state index contributed by atoms with van der Waals surface area (Å²) in [6, 6.07) is 5.93. The van der Waals surface area contributed by atoms with Crippen LogP contribution in [-0.4, -0.2) is 15.6 Å². The molecule has 0 amide bonds. The van der Waals surface area contributed by atoms with Crippen LogP contribution in [0.3, 0.4) is 0 Å². The van der Waals surface area contributed by atoms with Crippen LogP contribution in [0.25, 0.3) is 0 Å². The first-order chi connectivity index (χ1) is 10.3. The van der Waals surface area contributed by atoms with Gasteiger partial charge in [0.25, 0.3) is 6.43 Å². The molecule has 0 bridgehead atoms. The first kappa shape index (κ1) is 14.6. The number of fused-ring (bicyclic) bond motifs is 1. The van der Waals surface area contributed by atoms with Crippen molar-refractivity contribution >= 4 is 5.84 Å². The van der Waals surface area contributed by atoms with Crippen LogP contribution in [0.15, 0.2) is 29.3 Å². The Kier molecular flexibility index (Phi) is 3.23. The maximum atomic E-state index is 14.2. The Bertz CT molecular complexity index is 766. The number of halogens is 3. The van der Waals surface area contributed by atoms with Gasteiger partial charge in [0.2, 0.25) is 0 Å². The Morgan fingerprint density at radius 3 is 2.73 bits per heavy atom. The molecule has 0 radical (unpaired) electrons. The molecule has 2 aromatic rings. The molecule has 0 spiro atoms. The summed E-state index contributed by atoms with van der Waals surface area (Å²) in [7, 11) is 0. The fourth-order valence-electron chi connectivity index (χ4n) is 2.72. The first-order valence-electron chi connectivity index (χ1n) is 6.78. The van der Waals surface area contributed by atoms with Crippen molar-refractivity contribution in [1.29, 1.82) is 0 Å². The second-order valence-electron chi connectivity index (χ2n) is 5.67. The summed E-state index contributed by atoms with van der Waals surface area (Å²) in [6.45, 7) is 3.71. The monoisotopic (exact) mass is 308 g/mol. The highest BCUT2D eigenvalue weighted by atomic mass is 19.3. The molecule has 0 fully saturated rings. The van der Waals surface area contributed by atoms with E-state index in [-0.39, 0.29) is 18.1 Å². The van der Waals surface area contributed by atoms with Gasteiger partial charge in [-0.05, 0) is 26.0 Å². The molecule has 1 aromatic heterocycles. The van der Waals surface area contributed by atoms with Gasteiger partial charge in [0, 0.05) is 5.56 Å². The number of benzene rings is 1. The standard InChI is InChI=1S/C15H15F3N4/c1-8-3-4-10(16)9(5-8)15(2)7-22-12(14(19)20-15)6-11(21-22)13(17)18/h3-6,13H,7H2,1-2H3,(H2,19,20). The maximum absolute atomic E-state index is 14.2. The molecule has 0 saturated carbocycles. The van der Waals surface area contributed by atoms with Crippen LogP contribution in [-0.2, 0) is 12.1 Å². The Morgan fingerprint density at radius 1 is 1.32 bits per heavy atom. The van der Waals surface area contributed by atoms with Gasteiger partial charge in [-0.1, -0.05) is 17.7 Å². The molecular formula is C15H15F3N4. The predicted molar refractivity (Wildman–Crippen MR) is 76.4 cm³/mol. The van der Waals surface area contributed by atoms with Crippen LogP contribution in [0.2, 0.25) is 0 Å². The second-order valence-corrected chi connectivity index (χ2v) is 5.67. The lowest BCUT2D eigenvalue weighted by atomic mass is 9.89. The zero-order valence-corrected chi connectivity index (χ0v) is 12.1. The molecule has 1 aliphatic rings. The summed E-state index contributed by atoms with van der Waals surface area (Å²) >= 11 is 0. The Labute approximate surface area is 125 Å². The van der Waals surface area contributed by atoms with Crippen molar-refractivity contribution in [2.45, 2.75) is 32.4 Å². The first-order valence-corrected chi connectivity index (χ1v) is 6.78. The minimum atomic E-state index is -2.69. The minimum absolute atomic E-state index is 0.0778. The molecule has 1 atom stereocenters. The van der Waals surface area contributed by atoms with Gasteiger partial charge >= 0.3 is 0 Å². The third kappa shape index (κ3) is 2.26. The number of nitrogens with two attached hydrogens (primary N) is 1. The van der Waals surface area contributed by atoms with Gasteiger partial charge in [-0.2, -0.15) is 5.10 Å². The number of hydrogen-bond donors (Lipinski definition) is 1. The van der Waals surface area contributed by atoms with Crippen LogP contribution in [0, 0.1) is 12.7 Å².